The van der Waals surface area contributed by atoms with Crippen LogP contribution in [0.2, 0.25) is 19.1 Å². The molecule has 4 rings (SSSR count). The van der Waals surface area contributed by atoms with Gasteiger partial charge in [0.2, 0.25) is 0 Å². The number of nitro benzene ring substituents is 2. The van der Waals surface area contributed by atoms with E-state index in [0.717, 1.165) is 71.8 Å². The zero-order valence-corrected chi connectivity index (χ0v) is 21.3. The zero-order valence-electron chi connectivity index (χ0n) is 20.3. The Balaban J connectivity index is 1.73. The van der Waals surface area contributed by atoms with Crippen LogP contribution in [0, 0.1) is 26.1 Å². The number of carbonyl (C=O) groups excluding carboxylic acids is 1. The number of non-ortho nitro benzene ring substituents is 2. The van der Waals surface area contributed by atoms with Crippen LogP contribution in [-0.2, 0) is 6.42 Å². The molecule has 36 heavy (non-hydrogen) atoms. The number of aryl methyl sites for hydroxylation is 1. The third kappa shape index (κ3) is 5.60. The molecule has 0 unspecified atom stereocenters. The summed E-state index contributed by atoms with van der Waals surface area (Å²) in [7, 11) is -2.21. The van der Waals surface area contributed by atoms with E-state index in [1.165, 1.54) is 0 Å². The number of hydrogen-bond acceptors (Lipinski definition) is 6. The molecule has 2 atom stereocenters. The van der Waals surface area contributed by atoms with Gasteiger partial charge in [0.15, 0.2) is 8.32 Å². The second-order valence-corrected chi connectivity index (χ2v) is 14.2. The average molecular weight is 508 g/mol. The smallest absolute Gasteiger partial charge is 0.277 e. The van der Waals surface area contributed by atoms with Gasteiger partial charge in [-0.05, 0) is 66.2 Å². The van der Waals surface area contributed by atoms with Crippen LogP contribution in [0.15, 0.2) is 54.6 Å². The van der Waals surface area contributed by atoms with Crippen LogP contribution < -0.4 is 5.32 Å². The molecule has 188 valence electrons. The fourth-order valence-corrected chi connectivity index (χ4v) is 6.20. The molecule has 0 aromatic heterocycles. The molecule has 0 saturated heterocycles. The highest BCUT2D eigenvalue weighted by atomic mass is 28.4. The van der Waals surface area contributed by atoms with E-state index in [9.17, 15) is 29.8 Å². The van der Waals surface area contributed by atoms with E-state index in [-0.39, 0.29) is 17.5 Å². The van der Waals surface area contributed by atoms with Gasteiger partial charge in [-0.25, -0.2) is 0 Å². The van der Waals surface area contributed by atoms with Crippen LogP contribution in [0.1, 0.15) is 46.8 Å². The molecule has 0 saturated carbocycles. The number of benzene rings is 3. The summed E-state index contributed by atoms with van der Waals surface area (Å²) in [5.74, 6) is -0.494. The summed E-state index contributed by atoms with van der Waals surface area (Å²) in [6.07, 6.45) is 3.34. The molecule has 0 fully saturated rings. The maximum absolute atomic E-state index is 13.4. The Morgan fingerprint density at radius 1 is 1.06 bits per heavy atom. The average Bonchev–Trinajstić information content (AvgIpc) is 2.83. The minimum atomic E-state index is -2.21. The summed E-state index contributed by atoms with van der Waals surface area (Å²) >= 11 is 0. The molecular weight excluding hydrogens is 478 g/mol. The largest absolute Gasteiger partial charge is 0.432 e. The van der Waals surface area contributed by atoms with E-state index in [1.54, 1.807) is 0 Å². The summed E-state index contributed by atoms with van der Waals surface area (Å²) in [4.78, 5) is 44.9. The third-order valence-corrected chi connectivity index (χ3v) is 8.44. The van der Waals surface area contributed by atoms with Crippen molar-refractivity contribution in [1.29, 1.82) is 0 Å². The number of hydrogen-bond donors (Lipinski definition) is 2. The molecule has 9 nitrogen and oxygen atoms in total. The lowest BCUT2D eigenvalue weighted by molar-refractivity contribution is -0.394. The lowest BCUT2D eigenvalue weighted by Gasteiger charge is -2.35. The molecule has 10 heteroatoms. The van der Waals surface area contributed by atoms with Crippen molar-refractivity contribution in [2.24, 2.45) is 5.92 Å². The summed E-state index contributed by atoms with van der Waals surface area (Å²) in [5.41, 5.74) is 1.03. The van der Waals surface area contributed by atoms with Crippen molar-refractivity contribution in [3.63, 3.8) is 0 Å². The highest BCUT2D eigenvalue weighted by molar-refractivity contribution is 6.69. The summed E-state index contributed by atoms with van der Waals surface area (Å²) in [5, 5.41) is 27.8. The first-order valence-electron chi connectivity index (χ1n) is 12.0. The highest BCUT2D eigenvalue weighted by Crippen LogP contribution is 2.41. The fraction of sp³-hybridized carbons (Fsp3) is 0.346. The second kappa shape index (κ2) is 10.2. The number of rotatable bonds is 8. The van der Waals surface area contributed by atoms with Crippen molar-refractivity contribution in [1.82, 2.24) is 5.32 Å². The SMILES string of the molecule is C[Si](C)(O)CCC[C@@H]1CCc2ccc3ccccc3c2[C@@H]1NC(=O)c1cc([N+](=O)[O-])cc([N+](=O)[O-])c1. The highest BCUT2D eigenvalue weighted by Gasteiger charge is 2.33. The van der Waals surface area contributed by atoms with Crippen molar-refractivity contribution < 1.29 is 19.4 Å². The van der Waals surface area contributed by atoms with Crippen LogP contribution in [-0.4, -0.2) is 28.9 Å². The number of nitrogens with zero attached hydrogens (tertiary/aromatic N) is 2. The Bertz CT molecular complexity index is 1300. The third-order valence-electron chi connectivity index (χ3n) is 6.86. The van der Waals surface area contributed by atoms with E-state index >= 15 is 0 Å². The van der Waals surface area contributed by atoms with Crippen LogP contribution in [0.5, 0.6) is 0 Å². The van der Waals surface area contributed by atoms with E-state index < -0.39 is 35.4 Å². The van der Waals surface area contributed by atoms with E-state index in [2.05, 4.69) is 17.4 Å². The number of nitro groups is 2. The summed E-state index contributed by atoms with van der Waals surface area (Å²) < 4.78 is 0. The van der Waals surface area contributed by atoms with Crippen molar-refractivity contribution >= 4 is 36.4 Å². The first-order chi connectivity index (χ1) is 17.0. The molecule has 3 aromatic rings. The molecule has 1 aliphatic carbocycles. The summed E-state index contributed by atoms with van der Waals surface area (Å²) in [6.45, 7) is 3.82. The first-order valence-corrected chi connectivity index (χ1v) is 15.2. The van der Waals surface area contributed by atoms with Crippen molar-refractivity contribution in [2.45, 2.75) is 50.9 Å². The zero-order chi connectivity index (χ0) is 26.0. The quantitative estimate of drug-likeness (QED) is 0.229. The van der Waals surface area contributed by atoms with Gasteiger partial charge in [-0.3, -0.25) is 25.0 Å². The number of carbonyl (C=O) groups is 1. The predicted molar refractivity (Wildman–Crippen MR) is 139 cm³/mol. The molecule has 2 N–H and O–H groups in total. The Morgan fingerprint density at radius 2 is 1.72 bits per heavy atom. The second-order valence-electron chi connectivity index (χ2n) is 10.1. The van der Waals surface area contributed by atoms with Crippen molar-refractivity contribution in [3.8, 4) is 0 Å². The Kier molecular flexibility index (Phi) is 7.18. The summed E-state index contributed by atoms with van der Waals surface area (Å²) in [6, 6.07) is 15.5. The lowest BCUT2D eigenvalue weighted by atomic mass is 9.75. The first kappa shape index (κ1) is 25.5. The maximum Gasteiger partial charge on any atom is 0.277 e. The van der Waals surface area contributed by atoms with Crippen molar-refractivity contribution in [2.75, 3.05) is 0 Å². The van der Waals surface area contributed by atoms with E-state index in [0.29, 0.717) is 0 Å². The predicted octanol–water partition coefficient (Wildman–Crippen LogP) is 5.67. The van der Waals surface area contributed by atoms with Gasteiger partial charge in [0.05, 0.1) is 27.5 Å². The molecule has 0 heterocycles. The van der Waals surface area contributed by atoms with Gasteiger partial charge < -0.3 is 10.1 Å². The normalized spacial score (nSPS) is 17.4. The molecule has 0 spiro atoms. The Labute approximate surface area is 209 Å². The molecule has 3 aromatic carbocycles. The van der Waals surface area contributed by atoms with Crippen LogP contribution in [0.4, 0.5) is 11.4 Å². The Hall–Kier alpha value is -3.63. The number of amides is 1. The molecule has 0 radical (unpaired) electrons. The molecule has 1 amide bonds. The van der Waals surface area contributed by atoms with Gasteiger partial charge in [0, 0.05) is 12.1 Å². The fourth-order valence-electron chi connectivity index (χ4n) is 5.13. The van der Waals surface area contributed by atoms with Gasteiger partial charge in [-0.1, -0.05) is 42.8 Å². The maximum atomic E-state index is 13.4. The Morgan fingerprint density at radius 3 is 2.36 bits per heavy atom. The van der Waals surface area contributed by atoms with Crippen LogP contribution >= 0.6 is 0 Å². The van der Waals surface area contributed by atoms with Gasteiger partial charge >= 0.3 is 0 Å². The molecule has 0 bridgehead atoms. The van der Waals surface area contributed by atoms with E-state index in [4.69, 9.17) is 0 Å². The van der Waals surface area contributed by atoms with Gasteiger partial charge in [-0.15, -0.1) is 0 Å². The van der Waals surface area contributed by atoms with Crippen LogP contribution in [0.25, 0.3) is 10.8 Å². The molecule has 0 aliphatic heterocycles. The van der Waals surface area contributed by atoms with Gasteiger partial charge in [0.1, 0.15) is 0 Å². The standard InChI is InChI=1S/C26H29N3O6Si/c1-36(2,35)13-5-7-19-12-11-18-10-9-17-6-3-4-8-23(17)24(18)25(19)27-26(30)20-14-21(28(31)32)16-22(15-20)29(33)34/h3-4,6,8-10,14-16,19,25,35H,5,7,11-13H2,1-2H3,(H,27,30)/t19-,25-/m1/s1. The minimum absolute atomic E-state index is 0.0947. The van der Waals surface area contributed by atoms with E-state index in [1.807, 2.05) is 37.4 Å². The topological polar surface area (TPSA) is 136 Å². The lowest BCUT2D eigenvalue weighted by Crippen LogP contribution is -2.37. The molecular formula is C26H29N3O6Si. The minimum Gasteiger partial charge on any atom is -0.432 e. The van der Waals surface area contributed by atoms with Crippen LogP contribution in [0.3, 0.4) is 0 Å². The van der Waals surface area contributed by atoms with Crippen molar-refractivity contribution in [3.05, 3.63) is 91.5 Å². The van der Waals surface area contributed by atoms with Gasteiger partial charge in [-0.2, -0.15) is 0 Å². The number of nitrogens with one attached hydrogen (secondary N) is 1. The molecule has 1 aliphatic rings. The van der Waals surface area contributed by atoms with Gasteiger partial charge in [0.25, 0.3) is 17.3 Å². The monoisotopic (exact) mass is 507 g/mol. The number of fused-ring (bicyclic) bond motifs is 3.